The molecule has 4 rings (SSSR count). The summed E-state index contributed by atoms with van der Waals surface area (Å²) in [5.41, 5.74) is 7.87. The number of hydrogen-bond donors (Lipinski definition) is 1. The van der Waals surface area contributed by atoms with Gasteiger partial charge in [0, 0.05) is 39.6 Å². The molecule has 200 valence electrons. The van der Waals surface area contributed by atoms with Gasteiger partial charge in [-0.25, -0.2) is 0 Å². The highest BCUT2D eigenvalue weighted by molar-refractivity contribution is 6.31. The van der Waals surface area contributed by atoms with Crippen molar-refractivity contribution in [2.45, 2.75) is 71.9 Å². The number of rotatable bonds is 8. The average molecular weight is 547 g/mol. The lowest BCUT2D eigenvalue weighted by Gasteiger charge is -2.56. The van der Waals surface area contributed by atoms with Crippen LogP contribution in [0.2, 0.25) is 5.02 Å². The van der Waals surface area contributed by atoms with E-state index in [0.29, 0.717) is 23.2 Å². The molecule has 2 aliphatic carbocycles. The minimum absolute atomic E-state index is 0.0332. The van der Waals surface area contributed by atoms with E-state index in [1.165, 1.54) is 0 Å². The van der Waals surface area contributed by atoms with Crippen molar-refractivity contribution in [2.75, 3.05) is 7.11 Å². The van der Waals surface area contributed by atoms with Crippen LogP contribution < -0.4 is 5.73 Å². The largest absolute Gasteiger partial charge is 0.418 e. The number of ketones is 1. The third-order valence-electron chi connectivity index (χ3n) is 8.89. The van der Waals surface area contributed by atoms with Crippen LogP contribution in [-0.2, 0) is 16.1 Å². The quantitative estimate of drug-likeness (QED) is 0.386. The normalized spacial score (nSPS) is 31.0. The Morgan fingerprint density at radius 2 is 1.97 bits per heavy atom. The van der Waals surface area contributed by atoms with Crippen LogP contribution in [0.3, 0.4) is 0 Å². The van der Waals surface area contributed by atoms with Gasteiger partial charge in [0.25, 0.3) is 0 Å². The van der Waals surface area contributed by atoms with E-state index >= 15 is 0 Å². The van der Waals surface area contributed by atoms with E-state index in [4.69, 9.17) is 38.1 Å². The molecule has 6 atom stereocenters. The van der Waals surface area contributed by atoms with Crippen LogP contribution in [0.5, 0.6) is 0 Å². The Kier molecular flexibility index (Phi) is 8.34. The zero-order valence-corrected chi connectivity index (χ0v) is 23.8. The third-order valence-corrected chi connectivity index (χ3v) is 9.68. The molecular formula is C29H37Cl2N3O3. The number of ether oxygens (including phenoxy) is 1. The second-order valence-corrected chi connectivity index (χ2v) is 11.7. The van der Waals surface area contributed by atoms with Gasteiger partial charge in [-0.1, -0.05) is 55.3 Å². The van der Waals surface area contributed by atoms with Crippen molar-refractivity contribution in [3.05, 3.63) is 63.8 Å². The number of halogens is 2. The summed E-state index contributed by atoms with van der Waals surface area (Å²) in [6.45, 7) is 8.36. The molecule has 1 aromatic carbocycles. The van der Waals surface area contributed by atoms with Crippen molar-refractivity contribution >= 4 is 34.6 Å². The smallest absolute Gasteiger partial charge is 0.247 e. The van der Waals surface area contributed by atoms with Gasteiger partial charge in [-0.15, -0.1) is 10.2 Å². The lowest BCUT2D eigenvalue weighted by Crippen LogP contribution is -2.55. The molecule has 1 unspecified atom stereocenters. The van der Waals surface area contributed by atoms with Gasteiger partial charge in [-0.2, -0.15) is 0 Å². The number of benzene rings is 1. The van der Waals surface area contributed by atoms with Crippen LogP contribution >= 0.6 is 23.2 Å². The Morgan fingerprint density at radius 1 is 1.27 bits per heavy atom. The van der Waals surface area contributed by atoms with Gasteiger partial charge in [-0.3, -0.25) is 4.79 Å². The highest BCUT2D eigenvalue weighted by Gasteiger charge is 2.57. The van der Waals surface area contributed by atoms with E-state index in [0.717, 1.165) is 35.4 Å². The lowest BCUT2D eigenvalue weighted by molar-refractivity contribution is -0.136. The fourth-order valence-corrected chi connectivity index (χ4v) is 7.37. The fraction of sp³-hybridized carbons (Fsp3) is 0.552. The molecule has 1 saturated carbocycles. The number of hydrogen-bond acceptors (Lipinski definition) is 6. The van der Waals surface area contributed by atoms with Crippen LogP contribution in [-0.4, -0.2) is 29.1 Å². The zero-order chi connectivity index (χ0) is 27.0. The summed E-state index contributed by atoms with van der Waals surface area (Å²) in [6, 6.07) is 7.85. The summed E-state index contributed by atoms with van der Waals surface area (Å²) >= 11 is 13.4. The molecule has 0 amide bonds. The maximum absolute atomic E-state index is 13.2. The first-order valence-corrected chi connectivity index (χ1v) is 13.7. The van der Waals surface area contributed by atoms with Crippen molar-refractivity contribution in [1.29, 1.82) is 0 Å². The number of methoxy groups -OCH3 is 1. The fourth-order valence-electron chi connectivity index (χ4n) is 6.90. The highest BCUT2D eigenvalue weighted by atomic mass is 35.5. The standard InChI is InChI=1S/C29H37Cl2N3O3/c1-6-29(18(3)35)14-12-22(25(26(29)17(2)32)19-7-9-21(30)10-8-19)28(4)13-11-20(15-23(28)31)27-34-33-24(37-27)16-36-5/h7-11,15,17,22,25-26H,6,12-14,16,32H2,1-5H3/t17-,22-,25+,26+,28?,29+/m1/s1. The molecule has 37 heavy (non-hydrogen) atoms. The van der Waals surface area contributed by atoms with Crippen LogP contribution in [0, 0.1) is 22.7 Å². The Balaban J connectivity index is 1.77. The molecule has 0 spiro atoms. The lowest BCUT2D eigenvalue weighted by atomic mass is 9.48. The predicted octanol–water partition coefficient (Wildman–Crippen LogP) is 6.93. The van der Waals surface area contributed by atoms with Crippen molar-refractivity contribution in [3.8, 4) is 0 Å². The third kappa shape index (κ3) is 5.06. The first-order chi connectivity index (χ1) is 17.6. The number of Topliss-reactive ketones (excluding diaryl/α,β-unsaturated/α-hetero) is 1. The Hall–Kier alpha value is -1.99. The second-order valence-electron chi connectivity index (χ2n) is 10.9. The van der Waals surface area contributed by atoms with Crippen molar-refractivity contribution in [3.63, 3.8) is 0 Å². The van der Waals surface area contributed by atoms with E-state index in [1.807, 2.05) is 25.1 Å². The number of carbonyl (C=O) groups excluding carboxylic acids is 1. The number of aromatic nitrogens is 2. The van der Waals surface area contributed by atoms with Crippen LogP contribution in [0.4, 0.5) is 0 Å². The van der Waals surface area contributed by atoms with Gasteiger partial charge in [0.1, 0.15) is 12.4 Å². The maximum Gasteiger partial charge on any atom is 0.247 e. The van der Waals surface area contributed by atoms with Crippen molar-refractivity contribution in [2.24, 2.45) is 28.4 Å². The molecule has 2 N–H and O–H groups in total. The first-order valence-electron chi connectivity index (χ1n) is 13.0. The van der Waals surface area contributed by atoms with Gasteiger partial charge in [0.05, 0.1) is 0 Å². The van der Waals surface area contributed by atoms with E-state index in [-0.39, 0.29) is 41.6 Å². The summed E-state index contributed by atoms with van der Waals surface area (Å²) in [7, 11) is 1.59. The second kappa shape index (κ2) is 11.0. The molecule has 1 fully saturated rings. The molecule has 2 aliphatic rings. The SMILES string of the molecule is CC[C@@]1(C(C)=O)CC[C@@H](C2(C)CC=C(c3nnc(COC)o3)C=C2Cl)[C@H](c2ccc(Cl)cc2)[C@@H]1[C@@H](C)N. The topological polar surface area (TPSA) is 91.2 Å². The van der Waals surface area contributed by atoms with Gasteiger partial charge in [-0.05, 0) is 81.1 Å². The predicted molar refractivity (Wildman–Crippen MR) is 147 cm³/mol. The summed E-state index contributed by atoms with van der Waals surface area (Å²) in [4.78, 5) is 13.2. The Bertz CT molecular complexity index is 1190. The minimum atomic E-state index is -0.474. The number of carbonyl (C=O) groups is 1. The molecule has 1 aromatic heterocycles. The number of nitrogens with zero attached hydrogens (tertiary/aromatic N) is 2. The van der Waals surface area contributed by atoms with Gasteiger partial charge in [0.15, 0.2) is 0 Å². The molecule has 0 saturated heterocycles. The summed E-state index contributed by atoms with van der Waals surface area (Å²) in [5.74, 6) is 1.24. The summed E-state index contributed by atoms with van der Waals surface area (Å²) < 4.78 is 10.9. The van der Waals surface area contributed by atoms with E-state index in [9.17, 15) is 4.79 Å². The molecule has 0 aliphatic heterocycles. The molecule has 0 bridgehead atoms. The molecular weight excluding hydrogens is 509 g/mol. The van der Waals surface area contributed by atoms with E-state index in [1.54, 1.807) is 14.0 Å². The Labute approximate surface area is 229 Å². The van der Waals surface area contributed by atoms with E-state index < -0.39 is 5.41 Å². The van der Waals surface area contributed by atoms with Crippen molar-refractivity contribution in [1.82, 2.24) is 10.2 Å². The van der Waals surface area contributed by atoms with Gasteiger partial charge >= 0.3 is 0 Å². The minimum Gasteiger partial charge on any atom is -0.418 e. The molecule has 1 heterocycles. The first kappa shape index (κ1) is 28.0. The number of nitrogens with two attached hydrogens (primary N) is 1. The van der Waals surface area contributed by atoms with Gasteiger partial charge < -0.3 is 14.9 Å². The molecule has 6 nitrogen and oxygen atoms in total. The monoisotopic (exact) mass is 545 g/mol. The van der Waals surface area contributed by atoms with Gasteiger partial charge in [0.2, 0.25) is 11.8 Å². The maximum atomic E-state index is 13.2. The molecule has 0 radical (unpaired) electrons. The highest BCUT2D eigenvalue weighted by Crippen LogP contribution is 2.62. The van der Waals surface area contributed by atoms with E-state index in [2.05, 4.69) is 42.3 Å². The molecule has 8 heteroatoms. The zero-order valence-electron chi connectivity index (χ0n) is 22.3. The Morgan fingerprint density at radius 3 is 2.54 bits per heavy atom. The summed E-state index contributed by atoms with van der Waals surface area (Å²) in [6.07, 6.45) is 7.20. The van der Waals surface area contributed by atoms with Crippen LogP contribution in [0.1, 0.15) is 76.6 Å². The molecule has 2 aromatic rings. The van der Waals surface area contributed by atoms with Crippen molar-refractivity contribution < 1.29 is 13.9 Å². The number of allylic oxidation sites excluding steroid dienone is 4. The average Bonchev–Trinajstić information content (AvgIpc) is 3.34. The van der Waals surface area contributed by atoms with Crippen LogP contribution in [0.15, 0.2) is 45.9 Å². The van der Waals surface area contributed by atoms with Crippen LogP contribution in [0.25, 0.3) is 5.57 Å². The summed E-state index contributed by atoms with van der Waals surface area (Å²) in [5, 5.41) is 9.65.